The van der Waals surface area contributed by atoms with Crippen LogP contribution in [0.5, 0.6) is 0 Å². The number of halogens is 1. The number of hydrogen-bond donors (Lipinski definition) is 0. The van der Waals surface area contributed by atoms with Gasteiger partial charge < -0.3 is 4.90 Å². The molecule has 2 aliphatic heterocycles. The molecular formula is C17H23FN2O3S. The summed E-state index contributed by atoms with van der Waals surface area (Å²) in [4.78, 5) is 16.7. The van der Waals surface area contributed by atoms with Crippen molar-refractivity contribution >= 4 is 15.7 Å². The highest BCUT2D eigenvalue weighted by molar-refractivity contribution is 7.91. The summed E-state index contributed by atoms with van der Waals surface area (Å²) in [7, 11) is -3.15. The normalized spacial score (nSPS) is 26.6. The van der Waals surface area contributed by atoms with Crippen LogP contribution in [0, 0.1) is 11.7 Å². The van der Waals surface area contributed by atoms with Gasteiger partial charge in [-0.05, 0) is 30.2 Å². The first kappa shape index (κ1) is 17.4. The molecule has 2 heterocycles. The van der Waals surface area contributed by atoms with Crippen molar-refractivity contribution in [3.63, 3.8) is 0 Å². The third-order valence-electron chi connectivity index (χ3n) is 4.74. The summed E-state index contributed by atoms with van der Waals surface area (Å²) in [5.41, 5.74) is 0.400. The first-order chi connectivity index (χ1) is 11.3. The van der Waals surface area contributed by atoms with Gasteiger partial charge in [0, 0.05) is 31.2 Å². The Morgan fingerprint density at radius 2 is 1.79 bits per heavy atom. The van der Waals surface area contributed by atoms with Crippen LogP contribution in [-0.4, -0.2) is 67.3 Å². The highest BCUT2D eigenvalue weighted by Crippen LogP contribution is 2.28. The average Bonchev–Trinajstić information content (AvgIpc) is 2.83. The Morgan fingerprint density at radius 3 is 2.42 bits per heavy atom. The van der Waals surface area contributed by atoms with E-state index in [0.29, 0.717) is 24.6 Å². The lowest BCUT2D eigenvalue weighted by Crippen LogP contribution is -2.61. The molecule has 7 heteroatoms. The zero-order valence-electron chi connectivity index (χ0n) is 14.0. The van der Waals surface area contributed by atoms with Crippen molar-refractivity contribution < 1.29 is 17.6 Å². The fourth-order valence-corrected chi connectivity index (χ4v) is 5.74. The van der Waals surface area contributed by atoms with Crippen LogP contribution in [0.15, 0.2) is 24.3 Å². The minimum Gasteiger partial charge on any atom is -0.332 e. The van der Waals surface area contributed by atoms with E-state index < -0.39 is 15.7 Å². The summed E-state index contributed by atoms with van der Waals surface area (Å²) in [6.07, 6.45) is 0. The van der Waals surface area contributed by atoms with Gasteiger partial charge in [-0.1, -0.05) is 13.8 Å². The number of rotatable bonds is 3. The molecule has 1 aromatic carbocycles. The molecule has 2 aliphatic rings. The summed E-state index contributed by atoms with van der Waals surface area (Å²) in [6, 6.07) is 4.96. The van der Waals surface area contributed by atoms with E-state index in [9.17, 15) is 17.6 Å². The molecule has 0 aliphatic carbocycles. The quantitative estimate of drug-likeness (QED) is 0.823. The standard InChI is InChI=1S/C17H23FN2O3S/c1-12(2)9-19-7-8-20(16-11-24(22,23)10-15(16)19)17(21)13-3-5-14(18)6-4-13/h3-6,12,15-16H,7-11H2,1-2H3/t15-,16+/m1/s1. The Hall–Kier alpha value is -1.47. The van der Waals surface area contributed by atoms with E-state index in [-0.39, 0.29) is 29.5 Å². The fraction of sp³-hybridized carbons (Fsp3) is 0.588. The maximum atomic E-state index is 13.1. The number of hydrogen-bond acceptors (Lipinski definition) is 4. The second kappa shape index (κ2) is 6.44. The molecule has 0 bridgehead atoms. The van der Waals surface area contributed by atoms with E-state index in [2.05, 4.69) is 18.7 Å². The molecule has 0 N–H and O–H groups in total. The number of amides is 1. The first-order valence-electron chi connectivity index (χ1n) is 8.28. The summed E-state index contributed by atoms with van der Waals surface area (Å²) in [5, 5.41) is 0. The summed E-state index contributed by atoms with van der Waals surface area (Å²) in [6.45, 7) is 6.21. The SMILES string of the molecule is CC(C)CN1CCN(C(=O)c2ccc(F)cc2)[C@H]2CS(=O)(=O)C[C@H]21. The van der Waals surface area contributed by atoms with Gasteiger partial charge in [-0.3, -0.25) is 9.69 Å². The number of sulfone groups is 1. The molecule has 1 amide bonds. The minimum atomic E-state index is -3.15. The van der Waals surface area contributed by atoms with E-state index in [1.165, 1.54) is 24.3 Å². The molecule has 0 radical (unpaired) electrons. The van der Waals surface area contributed by atoms with Gasteiger partial charge >= 0.3 is 0 Å². The van der Waals surface area contributed by atoms with Crippen molar-refractivity contribution in [3.05, 3.63) is 35.6 Å². The zero-order chi connectivity index (χ0) is 17.5. The van der Waals surface area contributed by atoms with Crippen LogP contribution in [-0.2, 0) is 9.84 Å². The molecule has 1 aromatic rings. The van der Waals surface area contributed by atoms with Crippen LogP contribution in [0.2, 0.25) is 0 Å². The molecule has 2 fully saturated rings. The van der Waals surface area contributed by atoms with Gasteiger partial charge in [-0.25, -0.2) is 12.8 Å². The predicted molar refractivity (Wildman–Crippen MR) is 90.1 cm³/mol. The second-order valence-corrected chi connectivity index (χ2v) is 9.26. The van der Waals surface area contributed by atoms with Crippen LogP contribution >= 0.6 is 0 Å². The molecule has 24 heavy (non-hydrogen) atoms. The third kappa shape index (κ3) is 3.47. The Morgan fingerprint density at radius 1 is 1.17 bits per heavy atom. The fourth-order valence-electron chi connectivity index (χ4n) is 3.73. The zero-order valence-corrected chi connectivity index (χ0v) is 14.8. The lowest BCUT2D eigenvalue weighted by Gasteiger charge is -2.44. The first-order valence-corrected chi connectivity index (χ1v) is 10.1. The molecular weight excluding hydrogens is 331 g/mol. The highest BCUT2D eigenvalue weighted by atomic mass is 32.2. The highest BCUT2D eigenvalue weighted by Gasteiger charge is 2.48. The second-order valence-electron chi connectivity index (χ2n) is 7.11. The summed E-state index contributed by atoms with van der Waals surface area (Å²) < 4.78 is 37.4. The van der Waals surface area contributed by atoms with Gasteiger partial charge in [0.15, 0.2) is 9.84 Å². The molecule has 2 saturated heterocycles. The number of nitrogens with zero attached hydrogens (tertiary/aromatic N) is 2. The third-order valence-corrected chi connectivity index (χ3v) is 6.44. The Kier molecular flexibility index (Phi) is 4.66. The van der Waals surface area contributed by atoms with Crippen molar-refractivity contribution in [2.45, 2.75) is 25.9 Å². The van der Waals surface area contributed by atoms with Gasteiger partial charge in [0.1, 0.15) is 5.82 Å². The van der Waals surface area contributed by atoms with Crippen LogP contribution in [0.1, 0.15) is 24.2 Å². The Balaban J connectivity index is 1.85. The lowest BCUT2D eigenvalue weighted by atomic mass is 10.0. The van der Waals surface area contributed by atoms with Crippen LogP contribution < -0.4 is 0 Å². The monoisotopic (exact) mass is 354 g/mol. The number of piperazine rings is 1. The molecule has 0 saturated carbocycles. The number of fused-ring (bicyclic) bond motifs is 1. The van der Waals surface area contributed by atoms with Crippen molar-refractivity contribution in [1.82, 2.24) is 9.80 Å². The summed E-state index contributed by atoms with van der Waals surface area (Å²) in [5.74, 6) is -0.0502. The van der Waals surface area contributed by atoms with Crippen molar-refractivity contribution in [3.8, 4) is 0 Å². The molecule has 3 rings (SSSR count). The van der Waals surface area contributed by atoms with Crippen molar-refractivity contribution in [2.75, 3.05) is 31.1 Å². The Bertz CT molecular complexity index is 718. The van der Waals surface area contributed by atoms with Gasteiger partial charge in [-0.2, -0.15) is 0 Å². The minimum absolute atomic E-state index is 0.0131. The van der Waals surface area contributed by atoms with Crippen LogP contribution in [0.4, 0.5) is 4.39 Å². The molecule has 0 unspecified atom stereocenters. The molecule has 2 atom stereocenters. The van der Waals surface area contributed by atoms with Gasteiger partial charge in [0.05, 0.1) is 17.5 Å². The molecule has 0 spiro atoms. The van der Waals surface area contributed by atoms with E-state index in [4.69, 9.17) is 0 Å². The van der Waals surface area contributed by atoms with Crippen LogP contribution in [0.25, 0.3) is 0 Å². The smallest absolute Gasteiger partial charge is 0.254 e. The van der Waals surface area contributed by atoms with Crippen molar-refractivity contribution in [2.24, 2.45) is 5.92 Å². The van der Waals surface area contributed by atoms with E-state index in [0.717, 1.165) is 6.54 Å². The largest absolute Gasteiger partial charge is 0.332 e. The van der Waals surface area contributed by atoms with E-state index in [1.807, 2.05) is 0 Å². The predicted octanol–water partition coefficient (Wildman–Crippen LogP) is 1.41. The van der Waals surface area contributed by atoms with Gasteiger partial charge in [-0.15, -0.1) is 0 Å². The molecule has 5 nitrogen and oxygen atoms in total. The lowest BCUT2D eigenvalue weighted by molar-refractivity contribution is 0.0297. The average molecular weight is 354 g/mol. The number of benzene rings is 1. The number of carbonyl (C=O) groups excluding carboxylic acids is 1. The van der Waals surface area contributed by atoms with E-state index >= 15 is 0 Å². The van der Waals surface area contributed by atoms with Gasteiger partial charge in [0.25, 0.3) is 5.91 Å². The van der Waals surface area contributed by atoms with Gasteiger partial charge in [0.2, 0.25) is 0 Å². The molecule has 0 aromatic heterocycles. The maximum absolute atomic E-state index is 13.1. The summed E-state index contributed by atoms with van der Waals surface area (Å²) >= 11 is 0. The molecule has 132 valence electrons. The number of carbonyl (C=O) groups is 1. The Labute approximate surface area is 142 Å². The maximum Gasteiger partial charge on any atom is 0.254 e. The van der Waals surface area contributed by atoms with E-state index in [1.54, 1.807) is 4.90 Å². The topological polar surface area (TPSA) is 57.7 Å². The van der Waals surface area contributed by atoms with Crippen LogP contribution in [0.3, 0.4) is 0 Å². The van der Waals surface area contributed by atoms with Crippen molar-refractivity contribution in [1.29, 1.82) is 0 Å².